The molecule has 2 aliphatic rings. The molecule has 10 aromatic rings. The van der Waals surface area contributed by atoms with Crippen LogP contribution in [-0.2, 0) is 11.1 Å². The van der Waals surface area contributed by atoms with Crippen LogP contribution in [0.4, 0.5) is 0 Å². The van der Waals surface area contributed by atoms with Crippen LogP contribution in [0.1, 0.15) is 37.5 Å². The maximum absolute atomic E-state index is 7.16. The zero-order valence-electron chi connectivity index (χ0n) is 34.3. The number of hydrogen-bond donors (Lipinski definition) is 0. The van der Waals surface area contributed by atoms with Crippen molar-refractivity contribution in [1.29, 1.82) is 0 Å². The molecule has 1 unspecified atom stereocenters. The number of fused-ring (bicyclic) bond motifs is 17. The topological polar surface area (TPSA) is 25.8 Å². The Hall–Kier alpha value is -6.56. The molecule has 3 aromatic heterocycles. The quantitative estimate of drug-likeness (QED) is 0.130. The minimum Gasteiger partial charge on any atom is -0.455 e. The second-order valence-electron chi connectivity index (χ2n) is 18.6. The summed E-state index contributed by atoms with van der Waals surface area (Å²) in [5.74, 6) is 1.12. The van der Waals surface area contributed by atoms with Gasteiger partial charge in [0.1, 0.15) is 16.8 Å². The Balaban J connectivity index is 1.38. The first-order valence-electron chi connectivity index (χ1n) is 20.9. The molecule has 7 aromatic carbocycles. The summed E-state index contributed by atoms with van der Waals surface area (Å²) in [7, 11) is -1.76. The summed E-state index contributed by atoms with van der Waals surface area (Å²) < 4.78 is 15.1. The minimum atomic E-state index is -1.76. The molecule has 0 saturated heterocycles. The highest BCUT2D eigenvalue weighted by Crippen LogP contribution is 2.53. The first-order valence-corrected chi connectivity index (χ1v) is 24.4. The van der Waals surface area contributed by atoms with E-state index < -0.39 is 13.7 Å². The number of pyridine rings is 1. The van der Waals surface area contributed by atoms with Crippen LogP contribution in [0.25, 0.3) is 83.2 Å². The summed E-state index contributed by atoms with van der Waals surface area (Å²) in [6.07, 6.45) is 2.50. The van der Waals surface area contributed by atoms with Gasteiger partial charge in [0.05, 0.1) is 24.8 Å². The van der Waals surface area contributed by atoms with Gasteiger partial charge in [-0.05, 0) is 64.2 Å². The molecule has 0 aliphatic carbocycles. The highest BCUT2D eigenvalue weighted by atomic mass is 28.3. The number of aromatic nitrogens is 3. The van der Waals surface area contributed by atoms with Crippen molar-refractivity contribution in [2.75, 3.05) is 0 Å². The van der Waals surface area contributed by atoms with Gasteiger partial charge in [-0.2, -0.15) is 4.57 Å². The lowest BCUT2D eigenvalue weighted by atomic mass is 9.83. The molecule has 2 aliphatic heterocycles. The van der Waals surface area contributed by atoms with Crippen LogP contribution in [0.2, 0.25) is 19.6 Å². The zero-order chi connectivity index (χ0) is 40.0. The predicted molar refractivity (Wildman–Crippen MR) is 244 cm³/mol. The third kappa shape index (κ3) is 4.54. The molecule has 1 spiro atoms. The molecule has 4 nitrogen and oxygen atoms in total. The maximum atomic E-state index is 7.16. The van der Waals surface area contributed by atoms with Gasteiger partial charge in [0.25, 0.3) is 0 Å². The van der Waals surface area contributed by atoms with Crippen LogP contribution >= 0.6 is 0 Å². The number of benzene rings is 7. The molecular formula is C54H45N3OSi+2. The SMILES string of the molecule is CC(C)(C)c1cccc(-c2ccccc2)c1-n1c2[n+](c3cc4ccccc4cc31)C1(c3ccccc3-c3ccc([Si](C)(C)C)c[n+]31)c1ccc3c(oc4ccccc43)c1-2. The zero-order valence-corrected chi connectivity index (χ0v) is 35.3. The van der Waals surface area contributed by atoms with Gasteiger partial charge in [0.2, 0.25) is 5.69 Å². The predicted octanol–water partition coefficient (Wildman–Crippen LogP) is 12.0. The number of para-hydroxylation sites is 2. The summed E-state index contributed by atoms with van der Waals surface area (Å²) >= 11 is 0. The van der Waals surface area contributed by atoms with Crippen LogP contribution in [0.5, 0.6) is 0 Å². The van der Waals surface area contributed by atoms with E-state index in [0.717, 1.165) is 33.3 Å². The fraction of sp³-hybridized carbons (Fsp3) is 0.148. The van der Waals surface area contributed by atoms with Crippen LogP contribution in [-0.4, -0.2) is 12.6 Å². The summed E-state index contributed by atoms with van der Waals surface area (Å²) in [4.78, 5) is 0. The Morgan fingerprint density at radius 2 is 1.34 bits per heavy atom. The first-order chi connectivity index (χ1) is 28.5. The monoisotopic (exact) mass is 779 g/mol. The molecule has 0 radical (unpaired) electrons. The summed E-state index contributed by atoms with van der Waals surface area (Å²) in [6.45, 7) is 14.4. The van der Waals surface area contributed by atoms with E-state index in [0.29, 0.717) is 0 Å². The smallest absolute Gasteiger partial charge is 0.364 e. The van der Waals surface area contributed by atoms with E-state index in [2.05, 4.69) is 218 Å². The normalized spacial score (nSPS) is 15.7. The van der Waals surface area contributed by atoms with Crippen molar-refractivity contribution in [3.05, 3.63) is 181 Å². The van der Waals surface area contributed by atoms with Crippen LogP contribution in [0.3, 0.4) is 0 Å². The Morgan fingerprint density at radius 1 is 0.627 bits per heavy atom. The molecule has 0 N–H and O–H groups in total. The lowest BCUT2D eigenvalue weighted by Crippen LogP contribution is -2.72. The van der Waals surface area contributed by atoms with Gasteiger partial charge in [0, 0.05) is 33.2 Å². The van der Waals surface area contributed by atoms with Crippen molar-refractivity contribution in [3.8, 4) is 39.5 Å². The van der Waals surface area contributed by atoms with E-state index in [1.54, 1.807) is 0 Å². The lowest BCUT2D eigenvalue weighted by molar-refractivity contribution is -0.944. The van der Waals surface area contributed by atoms with Gasteiger partial charge < -0.3 is 4.42 Å². The Morgan fingerprint density at radius 3 is 2.14 bits per heavy atom. The van der Waals surface area contributed by atoms with Gasteiger partial charge in [-0.25, -0.2) is 0 Å². The largest absolute Gasteiger partial charge is 0.455 e. The van der Waals surface area contributed by atoms with E-state index in [1.807, 2.05) is 0 Å². The van der Waals surface area contributed by atoms with Crippen LogP contribution in [0.15, 0.2) is 168 Å². The minimum absolute atomic E-state index is 0.177. The highest BCUT2D eigenvalue weighted by Gasteiger charge is 2.67. The molecule has 59 heavy (non-hydrogen) atoms. The van der Waals surface area contributed by atoms with Crippen molar-refractivity contribution in [2.45, 2.75) is 51.5 Å². The number of rotatable bonds is 3. The van der Waals surface area contributed by atoms with Crippen LogP contribution in [0, 0.1) is 0 Å². The molecule has 0 bridgehead atoms. The van der Waals surface area contributed by atoms with Crippen LogP contribution < -0.4 is 14.3 Å². The molecule has 5 heterocycles. The highest BCUT2D eigenvalue weighted by molar-refractivity contribution is 6.88. The molecule has 0 saturated carbocycles. The van der Waals surface area contributed by atoms with Crippen molar-refractivity contribution < 1.29 is 13.6 Å². The van der Waals surface area contributed by atoms with E-state index in [4.69, 9.17) is 4.42 Å². The molecular weight excluding hydrogens is 735 g/mol. The summed E-state index contributed by atoms with van der Waals surface area (Å²) in [5.41, 5.74) is 14.2. The summed E-state index contributed by atoms with van der Waals surface area (Å²) in [6, 6.07) is 58.7. The molecule has 0 amide bonds. The van der Waals surface area contributed by atoms with Crippen molar-refractivity contribution in [2.24, 2.45) is 0 Å². The van der Waals surface area contributed by atoms with Gasteiger partial charge in [0.15, 0.2) is 22.8 Å². The molecule has 12 rings (SSSR count). The third-order valence-electron chi connectivity index (χ3n) is 13.1. The Labute approximate surface area is 345 Å². The standard InChI is InChI=1S/C54H45N3OSi/c1-53(2,3)44-25-16-23-38(34-17-8-7-9-18-34)50(44)56-46-31-35-19-10-11-20-36(35)32-47(46)57-52(56)49-43(29-28-40-39-21-13-15-26-48(39)58-51(40)49)54(57)42-24-14-12-22-41(42)45-30-27-37(33-55(45)54)59(4,5)6/h7-33H,1-6H3/q+2. The fourth-order valence-corrected chi connectivity index (χ4v) is 11.5. The Kier molecular flexibility index (Phi) is 6.88. The Bertz CT molecular complexity index is 3410. The van der Waals surface area contributed by atoms with Gasteiger partial charge in [-0.1, -0.05) is 150 Å². The maximum Gasteiger partial charge on any atom is 0.364 e. The van der Waals surface area contributed by atoms with Gasteiger partial charge in [-0.15, -0.1) is 9.13 Å². The van der Waals surface area contributed by atoms with Crippen molar-refractivity contribution in [1.82, 2.24) is 4.57 Å². The molecule has 5 heteroatoms. The van der Waals surface area contributed by atoms with Crippen molar-refractivity contribution >= 4 is 57.0 Å². The third-order valence-corrected chi connectivity index (χ3v) is 15.1. The lowest BCUT2D eigenvalue weighted by Gasteiger charge is -2.23. The van der Waals surface area contributed by atoms with Gasteiger partial charge >= 0.3 is 11.5 Å². The molecule has 1 atom stereocenters. The molecule has 284 valence electrons. The van der Waals surface area contributed by atoms with Crippen molar-refractivity contribution in [3.63, 3.8) is 0 Å². The summed E-state index contributed by atoms with van der Waals surface area (Å²) in [5, 5.41) is 6.11. The average Bonchev–Trinajstić information content (AvgIpc) is 3.95. The van der Waals surface area contributed by atoms with E-state index in [9.17, 15) is 0 Å². The van der Waals surface area contributed by atoms with Gasteiger partial charge in [-0.3, -0.25) is 0 Å². The number of hydrogen-bond acceptors (Lipinski definition) is 1. The van der Waals surface area contributed by atoms with E-state index in [-0.39, 0.29) is 5.41 Å². The second kappa shape index (κ2) is 11.8. The first kappa shape index (κ1) is 34.5. The number of imidazole rings is 1. The number of nitrogens with zero attached hydrogens (tertiary/aromatic N) is 3. The van der Waals surface area contributed by atoms with E-state index >= 15 is 0 Å². The second-order valence-corrected chi connectivity index (χ2v) is 23.7. The molecule has 0 fully saturated rings. The van der Waals surface area contributed by atoms with E-state index in [1.165, 1.54) is 71.8 Å². The number of furan rings is 1. The fourth-order valence-electron chi connectivity index (χ4n) is 10.4. The average molecular weight is 780 g/mol.